The summed E-state index contributed by atoms with van der Waals surface area (Å²) in [6.45, 7) is 1.95. The van der Waals surface area contributed by atoms with Gasteiger partial charge in [0.15, 0.2) is 11.6 Å². The van der Waals surface area contributed by atoms with E-state index in [2.05, 4.69) is 20.2 Å². The Balaban J connectivity index is 2.01. The van der Waals surface area contributed by atoms with E-state index >= 15 is 0 Å². The first-order chi connectivity index (χ1) is 8.33. The molecule has 84 valence electrons. The average Bonchev–Trinajstić information content (AvgIpc) is 3.00. The molecule has 0 fully saturated rings. The molecule has 0 aromatic carbocycles. The molecule has 4 nitrogen and oxygen atoms in total. The van der Waals surface area contributed by atoms with Crippen LogP contribution in [0.4, 0.5) is 0 Å². The van der Waals surface area contributed by atoms with Gasteiger partial charge in [-0.1, -0.05) is 6.07 Å². The highest BCUT2D eigenvalue weighted by Crippen LogP contribution is 2.23. The zero-order valence-electron chi connectivity index (χ0n) is 9.21. The highest BCUT2D eigenvalue weighted by molar-refractivity contribution is 7.13. The molecule has 0 amide bonds. The van der Waals surface area contributed by atoms with E-state index in [4.69, 9.17) is 0 Å². The first-order valence-corrected chi connectivity index (χ1v) is 6.10. The predicted molar refractivity (Wildman–Crippen MR) is 67.7 cm³/mol. The Morgan fingerprint density at radius 2 is 2.24 bits per heavy atom. The fourth-order valence-corrected chi connectivity index (χ4v) is 2.26. The number of nitrogens with zero attached hydrogens (tertiary/aromatic N) is 3. The van der Waals surface area contributed by atoms with Crippen LogP contribution >= 0.6 is 11.3 Å². The van der Waals surface area contributed by atoms with Gasteiger partial charge < -0.3 is 0 Å². The van der Waals surface area contributed by atoms with E-state index in [9.17, 15) is 0 Å². The van der Waals surface area contributed by atoms with Gasteiger partial charge in [0.2, 0.25) is 0 Å². The lowest BCUT2D eigenvalue weighted by Gasteiger charge is -1.95. The SMILES string of the molecule is Cc1cc(-c2n[nH]c(-c3cccs3)n2)ccn1. The molecule has 1 N–H and O–H groups in total. The summed E-state index contributed by atoms with van der Waals surface area (Å²) >= 11 is 1.64. The van der Waals surface area contributed by atoms with Crippen LogP contribution in [0.25, 0.3) is 22.1 Å². The van der Waals surface area contributed by atoms with Crippen molar-refractivity contribution in [1.29, 1.82) is 0 Å². The van der Waals surface area contributed by atoms with Gasteiger partial charge in [0.1, 0.15) is 0 Å². The van der Waals surface area contributed by atoms with Crippen molar-refractivity contribution in [2.45, 2.75) is 6.92 Å². The first kappa shape index (κ1) is 10.2. The second-order valence-electron chi connectivity index (χ2n) is 3.67. The third-order valence-corrected chi connectivity index (χ3v) is 3.27. The van der Waals surface area contributed by atoms with Crippen LogP contribution < -0.4 is 0 Å². The van der Waals surface area contributed by atoms with Crippen LogP contribution in [0.3, 0.4) is 0 Å². The van der Waals surface area contributed by atoms with Gasteiger partial charge in [-0.3, -0.25) is 10.1 Å². The molecule has 0 radical (unpaired) electrons. The second kappa shape index (κ2) is 4.10. The van der Waals surface area contributed by atoms with E-state index in [1.54, 1.807) is 17.5 Å². The molecule has 0 aliphatic rings. The van der Waals surface area contributed by atoms with Crippen LogP contribution in [0.5, 0.6) is 0 Å². The number of aryl methyl sites for hydroxylation is 1. The third kappa shape index (κ3) is 1.97. The molecular formula is C12H10N4S. The van der Waals surface area contributed by atoms with Crippen molar-refractivity contribution in [2.75, 3.05) is 0 Å². The number of pyridine rings is 1. The van der Waals surface area contributed by atoms with E-state index in [0.29, 0.717) is 5.82 Å². The highest BCUT2D eigenvalue weighted by atomic mass is 32.1. The fourth-order valence-electron chi connectivity index (χ4n) is 1.60. The maximum absolute atomic E-state index is 4.48. The van der Waals surface area contributed by atoms with Gasteiger partial charge in [-0.2, -0.15) is 5.10 Å². The average molecular weight is 242 g/mol. The van der Waals surface area contributed by atoms with Gasteiger partial charge in [-0.15, -0.1) is 11.3 Å². The Bertz CT molecular complexity index is 628. The van der Waals surface area contributed by atoms with E-state index in [0.717, 1.165) is 22.0 Å². The molecule has 3 heterocycles. The van der Waals surface area contributed by atoms with Gasteiger partial charge in [0.25, 0.3) is 0 Å². The molecule has 0 saturated heterocycles. The molecule has 0 unspecified atom stereocenters. The predicted octanol–water partition coefficient (Wildman–Crippen LogP) is 2.90. The maximum atomic E-state index is 4.48. The van der Waals surface area contributed by atoms with Gasteiger partial charge >= 0.3 is 0 Å². The summed E-state index contributed by atoms with van der Waals surface area (Å²) in [5.41, 5.74) is 1.95. The minimum atomic E-state index is 0.707. The summed E-state index contributed by atoms with van der Waals surface area (Å²) in [5.74, 6) is 1.52. The topological polar surface area (TPSA) is 54.5 Å². The van der Waals surface area contributed by atoms with Crippen LogP contribution in [-0.2, 0) is 0 Å². The molecule has 0 spiro atoms. The Hall–Kier alpha value is -2.01. The Morgan fingerprint density at radius 1 is 1.29 bits per heavy atom. The number of H-pyrrole nitrogens is 1. The molecule has 0 aliphatic heterocycles. The van der Waals surface area contributed by atoms with Crippen molar-refractivity contribution in [3.63, 3.8) is 0 Å². The van der Waals surface area contributed by atoms with E-state index in [1.807, 2.05) is 36.6 Å². The molecule has 3 aromatic heterocycles. The van der Waals surface area contributed by atoms with Crippen LogP contribution in [0.15, 0.2) is 35.8 Å². The second-order valence-corrected chi connectivity index (χ2v) is 4.62. The molecule has 17 heavy (non-hydrogen) atoms. The summed E-state index contributed by atoms with van der Waals surface area (Å²) in [4.78, 5) is 9.73. The number of thiophene rings is 1. The Morgan fingerprint density at radius 3 is 3.00 bits per heavy atom. The monoisotopic (exact) mass is 242 g/mol. The maximum Gasteiger partial charge on any atom is 0.181 e. The van der Waals surface area contributed by atoms with Crippen LogP contribution in [0.2, 0.25) is 0 Å². The number of hydrogen-bond acceptors (Lipinski definition) is 4. The lowest BCUT2D eigenvalue weighted by molar-refractivity contribution is 1.10. The highest BCUT2D eigenvalue weighted by Gasteiger charge is 2.08. The molecule has 3 aromatic rings. The van der Waals surface area contributed by atoms with Crippen molar-refractivity contribution in [3.8, 4) is 22.1 Å². The Kier molecular flexibility index (Phi) is 2.45. The first-order valence-electron chi connectivity index (χ1n) is 5.22. The Labute approximate surface area is 102 Å². The smallest absolute Gasteiger partial charge is 0.181 e. The number of nitrogens with one attached hydrogen (secondary N) is 1. The summed E-state index contributed by atoms with van der Waals surface area (Å²) in [6.07, 6.45) is 1.77. The van der Waals surface area contributed by atoms with Crippen LogP contribution in [-0.4, -0.2) is 20.2 Å². The van der Waals surface area contributed by atoms with Crippen molar-refractivity contribution in [3.05, 3.63) is 41.5 Å². The lowest BCUT2D eigenvalue weighted by atomic mass is 10.2. The molecule has 3 rings (SSSR count). The van der Waals surface area contributed by atoms with Crippen LogP contribution in [0, 0.1) is 6.92 Å². The quantitative estimate of drug-likeness (QED) is 0.751. The van der Waals surface area contributed by atoms with Gasteiger partial charge in [-0.05, 0) is 30.5 Å². The molecule has 5 heteroatoms. The number of aromatic amines is 1. The van der Waals surface area contributed by atoms with Crippen LogP contribution in [0.1, 0.15) is 5.69 Å². The van der Waals surface area contributed by atoms with Gasteiger partial charge in [0.05, 0.1) is 4.88 Å². The summed E-state index contributed by atoms with van der Waals surface area (Å²) < 4.78 is 0. The standard InChI is InChI=1S/C12H10N4S/c1-8-7-9(4-5-13-8)11-14-12(16-15-11)10-3-2-6-17-10/h2-7H,1H3,(H,14,15,16). The van der Waals surface area contributed by atoms with E-state index in [-0.39, 0.29) is 0 Å². The minimum Gasteiger partial charge on any atom is -0.262 e. The zero-order chi connectivity index (χ0) is 11.7. The zero-order valence-corrected chi connectivity index (χ0v) is 10.0. The number of hydrogen-bond donors (Lipinski definition) is 1. The van der Waals surface area contributed by atoms with E-state index in [1.165, 1.54) is 0 Å². The van der Waals surface area contributed by atoms with E-state index < -0.39 is 0 Å². The molecule has 0 bridgehead atoms. The van der Waals surface area contributed by atoms with Gasteiger partial charge in [-0.25, -0.2) is 4.98 Å². The largest absolute Gasteiger partial charge is 0.262 e. The molecule has 0 atom stereocenters. The summed E-state index contributed by atoms with van der Waals surface area (Å²) in [5, 5.41) is 9.20. The fraction of sp³-hybridized carbons (Fsp3) is 0.0833. The van der Waals surface area contributed by atoms with Crippen molar-refractivity contribution < 1.29 is 0 Å². The number of aromatic nitrogens is 4. The summed E-state index contributed by atoms with van der Waals surface area (Å²) in [7, 11) is 0. The molecule has 0 saturated carbocycles. The van der Waals surface area contributed by atoms with Crippen molar-refractivity contribution in [2.24, 2.45) is 0 Å². The van der Waals surface area contributed by atoms with Gasteiger partial charge in [0, 0.05) is 17.5 Å². The van der Waals surface area contributed by atoms with Crippen molar-refractivity contribution in [1.82, 2.24) is 20.2 Å². The minimum absolute atomic E-state index is 0.707. The summed E-state index contributed by atoms with van der Waals surface area (Å²) in [6, 6.07) is 7.90. The molecular weight excluding hydrogens is 232 g/mol. The normalized spacial score (nSPS) is 10.6. The lowest BCUT2D eigenvalue weighted by Crippen LogP contribution is -1.84. The molecule has 0 aliphatic carbocycles. The van der Waals surface area contributed by atoms with Crippen molar-refractivity contribution >= 4 is 11.3 Å². The third-order valence-electron chi connectivity index (χ3n) is 2.39. The number of rotatable bonds is 2.